The van der Waals surface area contributed by atoms with Gasteiger partial charge in [0.1, 0.15) is 5.82 Å². The number of likely N-dealkylation sites (tertiary alicyclic amines) is 1. The summed E-state index contributed by atoms with van der Waals surface area (Å²) in [5.41, 5.74) is 0.672. The van der Waals surface area contributed by atoms with E-state index in [9.17, 15) is 0 Å². The van der Waals surface area contributed by atoms with Crippen molar-refractivity contribution < 1.29 is 0 Å². The predicted octanol–water partition coefficient (Wildman–Crippen LogP) is 1.87. The molecule has 1 atom stereocenters. The van der Waals surface area contributed by atoms with Crippen molar-refractivity contribution in [3.63, 3.8) is 0 Å². The molecule has 4 nitrogen and oxygen atoms in total. The smallest absolute Gasteiger partial charge is 0.129 e. The SMILES string of the molecule is CCN1CCCC1CN(C)c1cc(C#N)ccn1. The highest BCUT2D eigenvalue weighted by Crippen LogP contribution is 2.19. The molecule has 1 aromatic rings. The monoisotopic (exact) mass is 244 g/mol. The molecule has 0 bridgehead atoms. The van der Waals surface area contributed by atoms with Crippen LogP contribution in [0.4, 0.5) is 5.82 Å². The number of anilines is 1. The maximum absolute atomic E-state index is 8.90. The summed E-state index contributed by atoms with van der Waals surface area (Å²) in [5, 5.41) is 8.90. The predicted molar refractivity (Wildman–Crippen MR) is 72.5 cm³/mol. The van der Waals surface area contributed by atoms with Gasteiger partial charge in [0.25, 0.3) is 0 Å². The molecule has 0 spiro atoms. The number of pyridine rings is 1. The minimum atomic E-state index is 0.618. The first-order chi connectivity index (χ1) is 8.74. The van der Waals surface area contributed by atoms with Crippen LogP contribution in [0.5, 0.6) is 0 Å². The number of rotatable bonds is 4. The number of nitriles is 1. The Balaban J connectivity index is 2.03. The van der Waals surface area contributed by atoms with Crippen LogP contribution in [-0.4, -0.2) is 42.6 Å². The Bertz CT molecular complexity index is 438. The molecule has 0 radical (unpaired) electrons. The van der Waals surface area contributed by atoms with Crippen molar-refractivity contribution in [3.05, 3.63) is 23.9 Å². The van der Waals surface area contributed by atoms with Gasteiger partial charge in [0.15, 0.2) is 0 Å². The molecule has 2 rings (SSSR count). The van der Waals surface area contributed by atoms with Crippen molar-refractivity contribution in [3.8, 4) is 6.07 Å². The molecule has 0 aliphatic carbocycles. The molecule has 1 aliphatic rings. The van der Waals surface area contributed by atoms with Crippen LogP contribution in [0.1, 0.15) is 25.3 Å². The van der Waals surface area contributed by atoms with E-state index in [1.165, 1.54) is 19.4 Å². The lowest BCUT2D eigenvalue weighted by Crippen LogP contribution is -2.39. The molecule has 1 fully saturated rings. The average molecular weight is 244 g/mol. The molecule has 0 aromatic carbocycles. The maximum Gasteiger partial charge on any atom is 0.129 e. The first kappa shape index (κ1) is 12.8. The zero-order valence-corrected chi connectivity index (χ0v) is 11.1. The van der Waals surface area contributed by atoms with E-state index in [4.69, 9.17) is 5.26 Å². The lowest BCUT2D eigenvalue weighted by atomic mass is 10.2. The Labute approximate surface area is 109 Å². The molecule has 1 unspecified atom stereocenters. The fourth-order valence-electron chi connectivity index (χ4n) is 2.62. The van der Waals surface area contributed by atoms with Gasteiger partial charge in [0, 0.05) is 25.8 Å². The maximum atomic E-state index is 8.90. The molecule has 0 N–H and O–H groups in total. The summed E-state index contributed by atoms with van der Waals surface area (Å²) in [6, 6.07) is 6.37. The normalized spacial score (nSPS) is 19.7. The third-order valence-electron chi connectivity index (χ3n) is 3.66. The average Bonchev–Trinajstić information content (AvgIpc) is 2.86. The summed E-state index contributed by atoms with van der Waals surface area (Å²) in [5.74, 6) is 0.886. The van der Waals surface area contributed by atoms with Crippen LogP contribution in [0.2, 0.25) is 0 Å². The van der Waals surface area contributed by atoms with Gasteiger partial charge in [-0.25, -0.2) is 4.98 Å². The third-order valence-corrected chi connectivity index (χ3v) is 3.66. The van der Waals surface area contributed by atoms with E-state index in [0.717, 1.165) is 18.9 Å². The van der Waals surface area contributed by atoms with E-state index in [1.54, 1.807) is 12.3 Å². The number of nitrogens with zero attached hydrogens (tertiary/aromatic N) is 4. The molecule has 2 heterocycles. The number of likely N-dealkylation sites (N-methyl/N-ethyl adjacent to an activating group) is 2. The Morgan fingerprint density at radius 3 is 3.17 bits per heavy atom. The molecule has 1 aliphatic heterocycles. The zero-order valence-electron chi connectivity index (χ0n) is 11.1. The molecule has 1 aromatic heterocycles. The summed E-state index contributed by atoms with van der Waals surface area (Å²) >= 11 is 0. The van der Waals surface area contributed by atoms with Gasteiger partial charge >= 0.3 is 0 Å². The summed E-state index contributed by atoms with van der Waals surface area (Å²) < 4.78 is 0. The van der Waals surface area contributed by atoms with E-state index in [0.29, 0.717) is 11.6 Å². The van der Waals surface area contributed by atoms with Gasteiger partial charge in [-0.2, -0.15) is 5.26 Å². The zero-order chi connectivity index (χ0) is 13.0. The van der Waals surface area contributed by atoms with Gasteiger partial charge in [-0.3, -0.25) is 4.90 Å². The van der Waals surface area contributed by atoms with E-state index >= 15 is 0 Å². The molecule has 0 amide bonds. The Kier molecular flexibility index (Phi) is 4.16. The highest BCUT2D eigenvalue weighted by molar-refractivity contribution is 5.44. The number of aromatic nitrogens is 1. The quantitative estimate of drug-likeness (QED) is 0.811. The Morgan fingerprint density at radius 2 is 2.44 bits per heavy atom. The lowest BCUT2D eigenvalue weighted by Gasteiger charge is -2.28. The van der Waals surface area contributed by atoms with Gasteiger partial charge in [-0.1, -0.05) is 6.92 Å². The third kappa shape index (κ3) is 2.80. The van der Waals surface area contributed by atoms with Crippen molar-refractivity contribution in [2.45, 2.75) is 25.8 Å². The summed E-state index contributed by atoms with van der Waals surface area (Å²) in [4.78, 5) is 9.01. The van der Waals surface area contributed by atoms with E-state index in [-0.39, 0.29) is 0 Å². The van der Waals surface area contributed by atoms with E-state index < -0.39 is 0 Å². The summed E-state index contributed by atoms with van der Waals surface area (Å²) in [6.07, 6.45) is 4.25. The number of hydrogen-bond acceptors (Lipinski definition) is 4. The fraction of sp³-hybridized carbons (Fsp3) is 0.571. The number of hydrogen-bond donors (Lipinski definition) is 0. The minimum absolute atomic E-state index is 0.618. The van der Waals surface area contributed by atoms with Crippen molar-refractivity contribution in [1.29, 1.82) is 5.26 Å². The topological polar surface area (TPSA) is 43.2 Å². The summed E-state index contributed by atoms with van der Waals surface area (Å²) in [6.45, 7) is 5.52. The Morgan fingerprint density at radius 1 is 1.61 bits per heavy atom. The van der Waals surface area contributed by atoms with Gasteiger partial charge in [-0.15, -0.1) is 0 Å². The summed E-state index contributed by atoms with van der Waals surface area (Å²) in [7, 11) is 2.05. The molecule has 18 heavy (non-hydrogen) atoms. The van der Waals surface area contributed by atoms with Crippen LogP contribution < -0.4 is 4.90 Å². The lowest BCUT2D eigenvalue weighted by molar-refractivity contribution is 0.270. The largest absolute Gasteiger partial charge is 0.358 e. The second-order valence-electron chi connectivity index (χ2n) is 4.82. The standard InChI is InChI=1S/C14H20N4/c1-3-18-8-4-5-13(18)11-17(2)14-9-12(10-15)6-7-16-14/h6-7,9,13H,3-5,8,11H2,1-2H3. The van der Waals surface area contributed by atoms with Crippen molar-refractivity contribution in [1.82, 2.24) is 9.88 Å². The fourth-order valence-corrected chi connectivity index (χ4v) is 2.62. The molecule has 96 valence electrons. The van der Waals surface area contributed by atoms with Crippen LogP contribution in [0.25, 0.3) is 0 Å². The molecule has 0 saturated carbocycles. The van der Waals surface area contributed by atoms with E-state index in [1.807, 2.05) is 6.07 Å². The minimum Gasteiger partial charge on any atom is -0.358 e. The van der Waals surface area contributed by atoms with Crippen LogP contribution >= 0.6 is 0 Å². The highest BCUT2D eigenvalue weighted by atomic mass is 15.2. The van der Waals surface area contributed by atoms with Crippen LogP contribution in [0.3, 0.4) is 0 Å². The van der Waals surface area contributed by atoms with Gasteiger partial charge in [-0.05, 0) is 38.1 Å². The first-order valence-corrected chi connectivity index (χ1v) is 6.56. The van der Waals surface area contributed by atoms with Crippen LogP contribution in [-0.2, 0) is 0 Å². The Hall–Kier alpha value is -1.60. The molecular weight excluding hydrogens is 224 g/mol. The highest BCUT2D eigenvalue weighted by Gasteiger charge is 2.24. The first-order valence-electron chi connectivity index (χ1n) is 6.56. The van der Waals surface area contributed by atoms with Crippen molar-refractivity contribution >= 4 is 5.82 Å². The van der Waals surface area contributed by atoms with Crippen molar-refractivity contribution in [2.24, 2.45) is 0 Å². The van der Waals surface area contributed by atoms with Gasteiger partial charge < -0.3 is 4.90 Å². The molecule has 1 saturated heterocycles. The van der Waals surface area contributed by atoms with Crippen LogP contribution in [0.15, 0.2) is 18.3 Å². The molecule has 4 heteroatoms. The van der Waals surface area contributed by atoms with Gasteiger partial charge in [0.05, 0.1) is 11.6 Å². The van der Waals surface area contributed by atoms with Crippen LogP contribution in [0, 0.1) is 11.3 Å². The van der Waals surface area contributed by atoms with Crippen molar-refractivity contribution in [2.75, 3.05) is 31.6 Å². The van der Waals surface area contributed by atoms with Gasteiger partial charge in [0.2, 0.25) is 0 Å². The second-order valence-corrected chi connectivity index (χ2v) is 4.82. The van der Waals surface area contributed by atoms with E-state index in [2.05, 4.69) is 34.8 Å². The molecular formula is C14H20N4. The second kappa shape index (κ2) is 5.83.